The van der Waals surface area contributed by atoms with Crippen LogP contribution in [-0.4, -0.2) is 27.5 Å². The Morgan fingerprint density at radius 1 is 1.44 bits per heavy atom. The van der Waals surface area contributed by atoms with E-state index >= 15 is 0 Å². The van der Waals surface area contributed by atoms with Crippen LogP contribution in [0.1, 0.15) is 20.3 Å². The Morgan fingerprint density at radius 2 is 2.12 bits per heavy atom. The summed E-state index contributed by atoms with van der Waals surface area (Å²) in [5.41, 5.74) is 5.49. The average Bonchev–Trinajstić information content (AvgIpc) is 2.16. The fraction of sp³-hybridized carbons (Fsp3) is 0.556. The molecule has 0 bridgehead atoms. The van der Waals surface area contributed by atoms with Crippen LogP contribution in [0.4, 0.5) is 11.9 Å². The predicted octanol–water partition coefficient (Wildman–Crippen LogP) is 1.24. The maximum Gasteiger partial charge on any atom is 0.231 e. The molecule has 1 heterocycles. The summed E-state index contributed by atoms with van der Waals surface area (Å²) in [7, 11) is 0. The van der Waals surface area contributed by atoms with Crippen LogP contribution in [0.5, 0.6) is 0 Å². The van der Waals surface area contributed by atoms with Gasteiger partial charge in [0, 0.05) is 12.6 Å². The third-order valence-corrected chi connectivity index (χ3v) is 2.13. The van der Waals surface area contributed by atoms with Gasteiger partial charge in [0.15, 0.2) is 0 Å². The van der Waals surface area contributed by atoms with Crippen LogP contribution in [0.15, 0.2) is 0 Å². The summed E-state index contributed by atoms with van der Waals surface area (Å²) in [5, 5.41) is 8.63. The number of aromatic nitrogens is 3. The molecule has 0 amide bonds. The molecule has 86 valence electrons. The normalized spacial score (nSPS) is 10.2. The van der Waals surface area contributed by atoms with Crippen molar-refractivity contribution >= 4 is 23.5 Å². The Morgan fingerprint density at radius 3 is 2.62 bits per heavy atom. The van der Waals surface area contributed by atoms with Crippen molar-refractivity contribution in [3.63, 3.8) is 0 Å². The van der Waals surface area contributed by atoms with Crippen molar-refractivity contribution < 1.29 is 0 Å². The van der Waals surface area contributed by atoms with Crippen LogP contribution in [0.2, 0.25) is 5.28 Å². The molecule has 0 aliphatic rings. The first kappa shape index (κ1) is 12.5. The molecule has 2 N–H and O–H groups in total. The summed E-state index contributed by atoms with van der Waals surface area (Å²) >= 11 is 5.70. The lowest BCUT2D eigenvalue weighted by Gasteiger charge is -2.25. The molecule has 0 spiro atoms. The minimum Gasteiger partial charge on any atom is -0.368 e. The van der Waals surface area contributed by atoms with Gasteiger partial charge in [-0.25, -0.2) is 0 Å². The van der Waals surface area contributed by atoms with Gasteiger partial charge < -0.3 is 10.6 Å². The Balaban J connectivity index is 2.96. The van der Waals surface area contributed by atoms with E-state index in [-0.39, 0.29) is 17.3 Å². The maximum atomic E-state index is 8.57. The third kappa shape index (κ3) is 3.21. The van der Waals surface area contributed by atoms with Gasteiger partial charge >= 0.3 is 0 Å². The first-order valence-electron chi connectivity index (χ1n) is 4.85. The third-order valence-electron chi connectivity index (χ3n) is 1.96. The molecule has 0 saturated carbocycles. The van der Waals surface area contributed by atoms with Crippen molar-refractivity contribution in [2.24, 2.45) is 0 Å². The molecule has 16 heavy (non-hydrogen) atoms. The van der Waals surface area contributed by atoms with Gasteiger partial charge in [-0.2, -0.15) is 20.2 Å². The first-order chi connectivity index (χ1) is 7.54. The minimum atomic E-state index is 0.0603. The van der Waals surface area contributed by atoms with Crippen LogP contribution in [0.25, 0.3) is 0 Å². The van der Waals surface area contributed by atoms with E-state index in [0.717, 1.165) is 0 Å². The number of anilines is 2. The van der Waals surface area contributed by atoms with Crippen molar-refractivity contribution in [2.45, 2.75) is 26.3 Å². The van der Waals surface area contributed by atoms with E-state index in [0.29, 0.717) is 18.9 Å². The van der Waals surface area contributed by atoms with E-state index in [9.17, 15) is 0 Å². The highest BCUT2D eigenvalue weighted by Crippen LogP contribution is 2.14. The average molecular weight is 241 g/mol. The molecule has 0 aromatic carbocycles. The lowest BCUT2D eigenvalue weighted by atomic mass is 10.3. The van der Waals surface area contributed by atoms with Crippen LogP contribution < -0.4 is 10.6 Å². The maximum absolute atomic E-state index is 8.57. The molecule has 0 aliphatic heterocycles. The molecule has 7 heteroatoms. The molecule has 0 radical (unpaired) electrons. The highest BCUT2D eigenvalue weighted by Gasteiger charge is 2.14. The van der Waals surface area contributed by atoms with E-state index in [1.807, 2.05) is 18.7 Å². The summed E-state index contributed by atoms with van der Waals surface area (Å²) in [5.74, 6) is 0.486. The van der Waals surface area contributed by atoms with Gasteiger partial charge in [0.2, 0.25) is 17.2 Å². The molecular formula is C9H13ClN6. The van der Waals surface area contributed by atoms with Crippen LogP contribution in [0.3, 0.4) is 0 Å². The van der Waals surface area contributed by atoms with Gasteiger partial charge in [-0.3, -0.25) is 0 Å². The zero-order valence-electron chi connectivity index (χ0n) is 9.18. The van der Waals surface area contributed by atoms with Crippen molar-refractivity contribution in [3.8, 4) is 6.07 Å². The van der Waals surface area contributed by atoms with Crippen LogP contribution in [0, 0.1) is 11.3 Å². The number of nitriles is 1. The number of rotatable bonds is 4. The number of halogens is 1. The topological polar surface area (TPSA) is 91.7 Å². The Labute approximate surface area is 99.1 Å². The van der Waals surface area contributed by atoms with Gasteiger partial charge in [-0.05, 0) is 25.4 Å². The standard InChI is InChI=1S/C9H13ClN6/c1-6(2)16(5-3-4-11)9-14-7(10)13-8(12)15-9/h6H,3,5H2,1-2H3,(H2,12,13,14,15). The van der Waals surface area contributed by atoms with Crippen LogP contribution in [-0.2, 0) is 0 Å². The van der Waals surface area contributed by atoms with Crippen molar-refractivity contribution in [1.29, 1.82) is 5.26 Å². The number of nitrogens with zero attached hydrogens (tertiary/aromatic N) is 5. The fourth-order valence-electron chi connectivity index (χ4n) is 1.24. The number of nitrogen functional groups attached to an aromatic ring is 1. The van der Waals surface area contributed by atoms with Crippen molar-refractivity contribution in [2.75, 3.05) is 17.2 Å². The van der Waals surface area contributed by atoms with Gasteiger partial charge in [0.25, 0.3) is 0 Å². The zero-order valence-corrected chi connectivity index (χ0v) is 9.94. The Hall–Kier alpha value is -1.61. The molecule has 0 atom stereocenters. The zero-order chi connectivity index (χ0) is 12.1. The summed E-state index contributed by atoms with van der Waals surface area (Å²) in [4.78, 5) is 13.5. The summed E-state index contributed by atoms with van der Waals surface area (Å²) in [6.45, 7) is 4.49. The van der Waals surface area contributed by atoms with Gasteiger partial charge in [0.1, 0.15) is 0 Å². The van der Waals surface area contributed by atoms with Gasteiger partial charge in [-0.15, -0.1) is 0 Å². The molecule has 6 nitrogen and oxygen atoms in total. The summed E-state index contributed by atoms with van der Waals surface area (Å²) in [6.07, 6.45) is 0.390. The van der Waals surface area contributed by atoms with E-state index in [1.165, 1.54) is 0 Å². The van der Waals surface area contributed by atoms with Crippen molar-refractivity contribution in [3.05, 3.63) is 5.28 Å². The first-order valence-corrected chi connectivity index (χ1v) is 5.23. The van der Waals surface area contributed by atoms with E-state index in [4.69, 9.17) is 22.6 Å². The van der Waals surface area contributed by atoms with E-state index in [1.54, 1.807) is 0 Å². The van der Waals surface area contributed by atoms with E-state index in [2.05, 4.69) is 21.0 Å². The lowest BCUT2D eigenvalue weighted by molar-refractivity contribution is 0.664. The molecule has 1 rings (SSSR count). The molecule has 1 aromatic heterocycles. The lowest BCUT2D eigenvalue weighted by Crippen LogP contribution is -2.33. The molecular weight excluding hydrogens is 228 g/mol. The second-order valence-electron chi connectivity index (χ2n) is 3.46. The second kappa shape index (κ2) is 5.47. The largest absolute Gasteiger partial charge is 0.368 e. The number of nitrogens with two attached hydrogens (primary N) is 1. The van der Waals surface area contributed by atoms with Crippen molar-refractivity contribution in [1.82, 2.24) is 15.0 Å². The Bertz CT molecular complexity index is 379. The number of hydrogen-bond acceptors (Lipinski definition) is 6. The highest BCUT2D eigenvalue weighted by atomic mass is 35.5. The van der Waals surface area contributed by atoms with E-state index < -0.39 is 0 Å². The Kier molecular flexibility index (Phi) is 4.26. The predicted molar refractivity (Wildman–Crippen MR) is 62.0 cm³/mol. The molecule has 0 fully saturated rings. The quantitative estimate of drug-likeness (QED) is 0.851. The van der Waals surface area contributed by atoms with Gasteiger partial charge in [-0.1, -0.05) is 0 Å². The molecule has 0 saturated heterocycles. The smallest absolute Gasteiger partial charge is 0.231 e. The van der Waals surface area contributed by atoms with Gasteiger partial charge in [0.05, 0.1) is 12.5 Å². The molecule has 1 aromatic rings. The highest BCUT2D eigenvalue weighted by molar-refractivity contribution is 6.28. The minimum absolute atomic E-state index is 0.0603. The molecule has 0 unspecified atom stereocenters. The van der Waals surface area contributed by atoms with Crippen LogP contribution >= 0.6 is 11.6 Å². The second-order valence-corrected chi connectivity index (χ2v) is 3.80. The summed E-state index contributed by atoms with van der Waals surface area (Å²) in [6, 6.07) is 2.23. The number of hydrogen-bond donors (Lipinski definition) is 1. The summed E-state index contributed by atoms with van der Waals surface area (Å²) < 4.78 is 0. The monoisotopic (exact) mass is 240 g/mol. The molecule has 0 aliphatic carbocycles. The SMILES string of the molecule is CC(C)N(CCC#N)c1nc(N)nc(Cl)n1. The fourth-order valence-corrected chi connectivity index (χ4v) is 1.40.